The molecule has 0 radical (unpaired) electrons. The van der Waals surface area contributed by atoms with Crippen molar-refractivity contribution in [1.29, 1.82) is 0 Å². The Kier molecular flexibility index (Phi) is 9.87. The predicted octanol–water partition coefficient (Wildman–Crippen LogP) is 6.50. The van der Waals surface area contributed by atoms with Crippen LogP contribution < -0.4 is 14.8 Å². The van der Waals surface area contributed by atoms with E-state index in [1.807, 2.05) is 18.2 Å². The van der Waals surface area contributed by atoms with Crippen LogP contribution in [0.2, 0.25) is 0 Å². The van der Waals surface area contributed by atoms with Crippen LogP contribution in [0.25, 0.3) is 6.08 Å². The van der Waals surface area contributed by atoms with Gasteiger partial charge in [-0.3, -0.25) is 0 Å². The fourth-order valence-corrected chi connectivity index (χ4v) is 4.57. The van der Waals surface area contributed by atoms with Gasteiger partial charge in [0.25, 0.3) is 0 Å². The van der Waals surface area contributed by atoms with Crippen LogP contribution in [-0.2, 0) is 19.4 Å². The average Bonchev–Trinajstić information content (AvgIpc) is 3.33. The van der Waals surface area contributed by atoms with Crippen LogP contribution >= 0.6 is 0 Å². The van der Waals surface area contributed by atoms with E-state index in [0.717, 1.165) is 70.0 Å². The van der Waals surface area contributed by atoms with E-state index in [4.69, 9.17) is 9.47 Å². The molecule has 4 nitrogen and oxygen atoms in total. The predicted molar refractivity (Wildman–Crippen MR) is 150 cm³/mol. The summed E-state index contributed by atoms with van der Waals surface area (Å²) in [6.07, 6.45) is 6.46. The molecule has 36 heavy (non-hydrogen) atoms. The highest BCUT2D eigenvalue weighted by Crippen LogP contribution is 2.27. The summed E-state index contributed by atoms with van der Waals surface area (Å²) in [5.41, 5.74) is 6.48. The third-order valence-electron chi connectivity index (χ3n) is 6.78. The maximum absolute atomic E-state index is 6.01. The lowest BCUT2D eigenvalue weighted by atomic mass is 10.1. The van der Waals surface area contributed by atoms with E-state index in [2.05, 4.69) is 84.7 Å². The Morgan fingerprint density at radius 3 is 2.36 bits per heavy atom. The molecule has 0 unspecified atom stereocenters. The summed E-state index contributed by atoms with van der Waals surface area (Å²) in [4.78, 5) is 2.43. The van der Waals surface area contributed by atoms with Gasteiger partial charge in [-0.1, -0.05) is 62.4 Å². The van der Waals surface area contributed by atoms with Gasteiger partial charge in [-0.25, -0.2) is 0 Å². The number of benzene rings is 3. The number of fused-ring (bicyclic) bond motifs is 1. The van der Waals surface area contributed by atoms with Crippen LogP contribution in [0.1, 0.15) is 48.9 Å². The largest absolute Gasteiger partial charge is 0.494 e. The highest BCUT2D eigenvalue weighted by molar-refractivity contribution is 5.64. The van der Waals surface area contributed by atoms with Gasteiger partial charge >= 0.3 is 0 Å². The van der Waals surface area contributed by atoms with Crippen molar-refractivity contribution in [1.82, 2.24) is 10.2 Å². The molecule has 3 aromatic carbocycles. The van der Waals surface area contributed by atoms with Gasteiger partial charge in [0.15, 0.2) is 0 Å². The number of nitrogens with zero attached hydrogens (tertiary/aromatic N) is 1. The van der Waals surface area contributed by atoms with Gasteiger partial charge in [-0.15, -0.1) is 0 Å². The third kappa shape index (κ3) is 7.89. The van der Waals surface area contributed by atoms with Crippen molar-refractivity contribution >= 4 is 6.08 Å². The van der Waals surface area contributed by atoms with Crippen molar-refractivity contribution in [2.75, 3.05) is 32.8 Å². The molecular weight excluding hydrogens is 444 g/mol. The van der Waals surface area contributed by atoms with Gasteiger partial charge in [0.05, 0.1) is 6.61 Å². The number of rotatable bonds is 15. The standard InChI is InChI=1S/C32H40N2O2/c1-3-34(4-2)20-9-21-35-32-18-15-28-22-30(23-29(28)24-32)33-19-8-12-26-13-16-31(17-14-26)36-25-27-10-6-5-7-11-27/h5-7,10-11,13-18,23-24,33H,3-4,8-9,12,19-22,25H2,1-2H3. The van der Waals surface area contributed by atoms with Crippen molar-refractivity contribution in [3.8, 4) is 11.5 Å². The lowest BCUT2D eigenvalue weighted by molar-refractivity contribution is 0.249. The molecule has 0 saturated carbocycles. The molecule has 1 N–H and O–H groups in total. The molecule has 0 aromatic heterocycles. The molecule has 3 aromatic rings. The SMILES string of the molecule is CCN(CC)CCCOc1ccc2c(c1)C=C(NCCCc1ccc(OCc3ccccc3)cc1)C2. The van der Waals surface area contributed by atoms with E-state index >= 15 is 0 Å². The lowest BCUT2D eigenvalue weighted by Gasteiger charge is -2.17. The zero-order valence-electron chi connectivity index (χ0n) is 21.8. The first-order chi connectivity index (χ1) is 17.7. The Morgan fingerprint density at radius 2 is 1.58 bits per heavy atom. The number of allylic oxidation sites excluding steroid dienone is 1. The second-order valence-corrected chi connectivity index (χ2v) is 9.38. The molecule has 1 aliphatic rings. The van der Waals surface area contributed by atoms with Crippen LogP contribution in [0, 0.1) is 0 Å². The number of hydrogen-bond donors (Lipinski definition) is 1. The zero-order valence-corrected chi connectivity index (χ0v) is 21.8. The fraction of sp³-hybridized carbons (Fsp3) is 0.375. The van der Waals surface area contributed by atoms with Gasteiger partial charge in [0.2, 0.25) is 0 Å². The molecule has 4 rings (SSSR count). The summed E-state index contributed by atoms with van der Waals surface area (Å²) in [7, 11) is 0. The molecule has 0 aliphatic heterocycles. The molecule has 0 heterocycles. The van der Waals surface area contributed by atoms with Gasteiger partial charge in [0, 0.05) is 25.2 Å². The highest BCUT2D eigenvalue weighted by atomic mass is 16.5. The second-order valence-electron chi connectivity index (χ2n) is 9.38. The zero-order chi connectivity index (χ0) is 25.0. The molecule has 4 heteroatoms. The molecule has 0 saturated heterocycles. The summed E-state index contributed by atoms with van der Waals surface area (Å²) in [6.45, 7) is 10.1. The van der Waals surface area contributed by atoms with Crippen LogP contribution in [0.4, 0.5) is 0 Å². The van der Waals surface area contributed by atoms with E-state index in [1.54, 1.807) is 0 Å². The minimum Gasteiger partial charge on any atom is -0.494 e. The van der Waals surface area contributed by atoms with Gasteiger partial charge < -0.3 is 19.7 Å². The van der Waals surface area contributed by atoms with Crippen molar-refractivity contribution in [3.05, 3.63) is 101 Å². The topological polar surface area (TPSA) is 33.7 Å². The Hall–Kier alpha value is -3.24. The van der Waals surface area contributed by atoms with E-state index in [0.29, 0.717) is 6.61 Å². The maximum atomic E-state index is 6.01. The molecule has 190 valence electrons. The number of ether oxygens (including phenoxy) is 2. The van der Waals surface area contributed by atoms with Crippen LogP contribution in [-0.4, -0.2) is 37.7 Å². The van der Waals surface area contributed by atoms with Crippen molar-refractivity contribution in [2.24, 2.45) is 0 Å². The highest BCUT2D eigenvalue weighted by Gasteiger charge is 2.13. The Morgan fingerprint density at radius 1 is 0.806 bits per heavy atom. The van der Waals surface area contributed by atoms with Gasteiger partial charge in [0.1, 0.15) is 18.1 Å². The third-order valence-corrected chi connectivity index (χ3v) is 6.78. The lowest BCUT2D eigenvalue weighted by Crippen LogP contribution is -2.25. The first-order valence-corrected chi connectivity index (χ1v) is 13.4. The van der Waals surface area contributed by atoms with Crippen LogP contribution in [0.3, 0.4) is 0 Å². The van der Waals surface area contributed by atoms with E-state index in [9.17, 15) is 0 Å². The minimum absolute atomic E-state index is 0.603. The normalized spacial score (nSPS) is 12.4. The van der Waals surface area contributed by atoms with E-state index in [1.165, 1.54) is 28.0 Å². The average molecular weight is 485 g/mol. The molecule has 0 atom stereocenters. The minimum atomic E-state index is 0.603. The smallest absolute Gasteiger partial charge is 0.119 e. The Labute approximate surface area is 216 Å². The summed E-state index contributed by atoms with van der Waals surface area (Å²) >= 11 is 0. The van der Waals surface area contributed by atoms with Crippen molar-refractivity contribution < 1.29 is 9.47 Å². The quantitative estimate of drug-likeness (QED) is 0.250. The summed E-state index contributed by atoms with van der Waals surface area (Å²) < 4.78 is 11.9. The van der Waals surface area contributed by atoms with Crippen molar-refractivity contribution in [3.63, 3.8) is 0 Å². The fourth-order valence-electron chi connectivity index (χ4n) is 4.57. The Balaban J connectivity index is 1.15. The molecular formula is C32H40N2O2. The number of hydrogen-bond acceptors (Lipinski definition) is 4. The van der Waals surface area contributed by atoms with Crippen LogP contribution in [0.5, 0.6) is 11.5 Å². The number of aryl methyl sites for hydroxylation is 1. The summed E-state index contributed by atoms with van der Waals surface area (Å²) in [5, 5.41) is 3.64. The first kappa shape index (κ1) is 25.8. The van der Waals surface area contributed by atoms with Crippen LogP contribution in [0.15, 0.2) is 78.5 Å². The number of nitrogens with one attached hydrogen (secondary N) is 1. The van der Waals surface area contributed by atoms with E-state index < -0.39 is 0 Å². The van der Waals surface area contributed by atoms with E-state index in [-0.39, 0.29) is 0 Å². The molecule has 0 amide bonds. The Bertz CT molecular complexity index is 1090. The second kappa shape index (κ2) is 13.7. The monoisotopic (exact) mass is 484 g/mol. The van der Waals surface area contributed by atoms with Crippen molar-refractivity contribution in [2.45, 2.75) is 46.1 Å². The maximum Gasteiger partial charge on any atom is 0.119 e. The van der Waals surface area contributed by atoms with Gasteiger partial charge in [-0.05, 0) is 84.9 Å². The molecule has 0 bridgehead atoms. The summed E-state index contributed by atoms with van der Waals surface area (Å²) in [6, 6.07) is 25.3. The molecule has 1 aliphatic carbocycles. The van der Waals surface area contributed by atoms with Gasteiger partial charge in [-0.2, -0.15) is 0 Å². The summed E-state index contributed by atoms with van der Waals surface area (Å²) in [5.74, 6) is 1.89. The molecule has 0 spiro atoms. The molecule has 0 fully saturated rings. The first-order valence-electron chi connectivity index (χ1n) is 13.4.